The van der Waals surface area contributed by atoms with Crippen molar-refractivity contribution >= 4 is 40.8 Å². The van der Waals surface area contributed by atoms with Crippen molar-refractivity contribution in [2.24, 2.45) is 0 Å². The fraction of sp³-hybridized carbons (Fsp3) is 0.222. The van der Waals surface area contributed by atoms with Gasteiger partial charge in [-0.1, -0.05) is 23.2 Å². The first-order valence-corrected chi connectivity index (χ1v) is 8.93. The summed E-state index contributed by atoms with van der Waals surface area (Å²) >= 11 is 11.7. The number of alkyl halides is 5. The quantitative estimate of drug-likeness (QED) is 0.346. The van der Waals surface area contributed by atoms with Gasteiger partial charge in [-0.05, 0) is 31.2 Å². The van der Waals surface area contributed by atoms with E-state index in [1.165, 1.54) is 0 Å². The van der Waals surface area contributed by atoms with Gasteiger partial charge in [0.25, 0.3) is 11.5 Å². The molecule has 166 valence electrons. The molecule has 2 aromatic carbocycles. The second-order valence-corrected chi connectivity index (χ2v) is 7.21. The third-order valence-corrected chi connectivity index (χ3v) is 4.84. The predicted octanol–water partition coefficient (Wildman–Crippen LogP) is 5.60. The van der Waals surface area contributed by atoms with Crippen molar-refractivity contribution in [3.05, 3.63) is 45.9 Å². The molecule has 1 N–H and O–H groups in total. The van der Waals surface area contributed by atoms with Crippen LogP contribution in [0, 0.1) is 0 Å². The molecule has 13 heteroatoms. The van der Waals surface area contributed by atoms with Gasteiger partial charge in [0.2, 0.25) is 0 Å². The molecular weight excluding hydrogens is 476 g/mol. The van der Waals surface area contributed by atoms with Crippen LogP contribution in [0.4, 0.5) is 27.6 Å². The number of fused-ring (bicyclic) bond motifs is 1. The van der Waals surface area contributed by atoms with E-state index in [4.69, 9.17) is 32.7 Å². The molecule has 31 heavy (non-hydrogen) atoms. The Labute approximate surface area is 180 Å². The van der Waals surface area contributed by atoms with E-state index in [-0.39, 0.29) is 16.4 Å². The third-order valence-electron chi connectivity index (χ3n) is 4.28. The molecule has 0 saturated heterocycles. The van der Waals surface area contributed by atoms with Gasteiger partial charge in [-0.2, -0.15) is 22.0 Å². The number of anilines is 1. The summed E-state index contributed by atoms with van der Waals surface area (Å²) in [5.41, 5.74) is -4.20. The van der Waals surface area contributed by atoms with Crippen LogP contribution in [0.25, 0.3) is 0 Å². The molecule has 0 spiro atoms. The molecule has 2 aromatic rings. The van der Waals surface area contributed by atoms with Crippen LogP contribution in [0.5, 0.6) is 17.2 Å². The summed E-state index contributed by atoms with van der Waals surface area (Å²) in [6.45, 7) is -2.58. The molecule has 6 nitrogen and oxygen atoms in total. The summed E-state index contributed by atoms with van der Waals surface area (Å²) in [4.78, 5) is 23.7. The Bertz CT molecular complexity index is 1050. The number of hydrogen-bond acceptors (Lipinski definition) is 4. The van der Waals surface area contributed by atoms with Gasteiger partial charge in [0, 0.05) is 6.07 Å². The van der Waals surface area contributed by atoms with Crippen molar-refractivity contribution in [3.63, 3.8) is 0 Å². The summed E-state index contributed by atoms with van der Waals surface area (Å²) in [5.74, 6) is -4.30. The number of halogens is 7. The Morgan fingerprint density at radius 1 is 1.19 bits per heavy atom. The Balaban J connectivity index is 2.03. The molecule has 1 aliphatic heterocycles. The zero-order chi connectivity index (χ0) is 23.3. The van der Waals surface area contributed by atoms with Gasteiger partial charge in [0.15, 0.2) is 5.75 Å². The number of aliphatic carboxylic acids is 1. The van der Waals surface area contributed by atoms with E-state index < -0.39 is 57.2 Å². The molecular formula is C18H10Cl2F5NO5. The first-order chi connectivity index (χ1) is 14.3. The SMILES string of the molecule is CC1(C(=O)O)Oc2cc(Oc3c(Cl)cc(C(F)(F)F)cc3Cl)ccc2N(C(F)F)C1=O. The first-order valence-electron chi connectivity index (χ1n) is 8.18. The van der Waals surface area contributed by atoms with Crippen molar-refractivity contribution in [2.75, 3.05) is 4.90 Å². The fourth-order valence-electron chi connectivity index (χ4n) is 2.71. The molecule has 1 atom stereocenters. The van der Waals surface area contributed by atoms with Gasteiger partial charge in [0.1, 0.15) is 11.5 Å². The highest BCUT2D eigenvalue weighted by Gasteiger charge is 2.53. The normalized spacial score (nSPS) is 18.6. The third kappa shape index (κ3) is 4.07. The highest BCUT2D eigenvalue weighted by molar-refractivity contribution is 6.37. The number of carboxylic acid groups (broad SMARTS) is 1. The molecule has 0 aromatic heterocycles. The van der Waals surface area contributed by atoms with Crippen LogP contribution in [-0.4, -0.2) is 29.1 Å². The number of nitrogens with zero attached hydrogens (tertiary/aromatic N) is 1. The number of carbonyl (C=O) groups is 2. The maximum Gasteiger partial charge on any atom is 0.416 e. The number of carbonyl (C=O) groups excluding carboxylic acids is 1. The lowest BCUT2D eigenvalue weighted by atomic mass is 10.0. The standard InChI is InChI=1S/C18H10Cl2F5NO5/c1-17(15(28)29)14(27)26(16(21)22)11-3-2-8(6-12(11)31-17)30-13-9(19)4-7(5-10(13)20)18(23,24)25/h2-6,16H,1H3,(H,28,29). The lowest BCUT2D eigenvalue weighted by Crippen LogP contribution is -2.60. The van der Waals surface area contributed by atoms with Crippen molar-refractivity contribution in [1.82, 2.24) is 0 Å². The van der Waals surface area contributed by atoms with Crippen LogP contribution < -0.4 is 14.4 Å². The number of ether oxygens (including phenoxy) is 2. The highest BCUT2D eigenvalue weighted by Crippen LogP contribution is 2.45. The van der Waals surface area contributed by atoms with Crippen LogP contribution >= 0.6 is 23.2 Å². The lowest BCUT2D eigenvalue weighted by Gasteiger charge is -2.37. The van der Waals surface area contributed by atoms with Crippen LogP contribution in [-0.2, 0) is 15.8 Å². The van der Waals surface area contributed by atoms with Crippen molar-refractivity contribution in [2.45, 2.75) is 25.3 Å². The molecule has 1 amide bonds. The van der Waals surface area contributed by atoms with E-state index in [9.17, 15) is 36.6 Å². The van der Waals surface area contributed by atoms with Crippen molar-refractivity contribution < 1.29 is 46.1 Å². The van der Waals surface area contributed by atoms with Gasteiger partial charge in [-0.25, -0.2) is 9.69 Å². The molecule has 0 radical (unpaired) electrons. The Morgan fingerprint density at radius 3 is 2.26 bits per heavy atom. The Morgan fingerprint density at radius 2 is 1.77 bits per heavy atom. The maximum absolute atomic E-state index is 13.4. The van der Waals surface area contributed by atoms with Crippen LogP contribution in [0.3, 0.4) is 0 Å². The van der Waals surface area contributed by atoms with Crippen LogP contribution in [0.15, 0.2) is 30.3 Å². The number of amides is 1. The molecule has 0 saturated carbocycles. The summed E-state index contributed by atoms with van der Waals surface area (Å²) in [5, 5.41) is 8.31. The molecule has 3 rings (SSSR count). The average molecular weight is 486 g/mol. The molecule has 0 bridgehead atoms. The van der Waals surface area contributed by atoms with Crippen LogP contribution in [0.1, 0.15) is 12.5 Å². The van der Waals surface area contributed by atoms with Crippen molar-refractivity contribution in [3.8, 4) is 17.2 Å². The Kier molecular flexibility index (Phi) is 5.70. The zero-order valence-electron chi connectivity index (χ0n) is 15.1. The van der Waals surface area contributed by atoms with E-state index in [2.05, 4.69) is 0 Å². The monoisotopic (exact) mass is 485 g/mol. The smallest absolute Gasteiger partial charge is 0.416 e. The predicted molar refractivity (Wildman–Crippen MR) is 98.1 cm³/mol. The maximum atomic E-state index is 13.4. The molecule has 0 fully saturated rings. The fourth-order valence-corrected chi connectivity index (χ4v) is 3.27. The average Bonchev–Trinajstić information content (AvgIpc) is 2.64. The highest BCUT2D eigenvalue weighted by atomic mass is 35.5. The largest absolute Gasteiger partial charge is 0.478 e. The van der Waals surface area contributed by atoms with E-state index in [0.717, 1.165) is 25.1 Å². The zero-order valence-corrected chi connectivity index (χ0v) is 16.6. The minimum atomic E-state index is -4.71. The summed E-state index contributed by atoms with van der Waals surface area (Å²) in [6.07, 6.45) is -4.71. The molecule has 1 unspecified atom stereocenters. The minimum Gasteiger partial charge on any atom is -0.478 e. The van der Waals surface area contributed by atoms with E-state index in [1.54, 1.807) is 0 Å². The van der Waals surface area contributed by atoms with Crippen molar-refractivity contribution in [1.29, 1.82) is 0 Å². The number of rotatable bonds is 4. The van der Waals surface area contributed by atoms with Gasteiger partial charge >= 0.3 is 18.7 Å². The Hall–Kier alpha value is -2.79. The minimum absolute atomic E-state index is 0.0468. The first kappa shape index (κ1) is 22.9. The van der Waals surface area contributed by atoms with Gasteiger partial charge in [0.05, 0.1) is 21.3 Å². The molecule has 0 aliphatic carbocycles. The van der Waals surface area contributed by atoms with Gasteiger partial charge in [-0.3, -0.25) is 4.79 Å². The molecule has 1 heterocycles. The molecule has 1 aliphatic rings. The summed E-state index contributed by atoms with van der Waals surface area (Å²) in [7, 11) is 0. The summed E-state index contributed by atoms with van der Waals surface area (Å²) in [6, 6.07) is 4.22. The van der Waals surface area contributed by atoms with E-state index in [1.807, 2.05) is 0 Å². The number of benzene rings is 2. The lowest BCUT2D eigenvalue weighted by molar-refractivity contribution is -0.162. The van der Waals surface area contributed by atoms with E-state index in [0.29, 0.717) is 12.1 Å². The van der Waals surface area contributed by atoms with Gasteiger partial charge < -0.3 is 14.6 Å². The topological polar surface area (TPSA) is 76.1 Å². The number of hydrogen-bond donors (Lipinski definition) is 1. The van der Waals surface area contributed by atoms with Gasteiger partial charge in [-0.15, -0.1) is 0 Å². The van der Waals surface area contributed by atoms with E-state index >= 15 is 0 Å². The van der Waals surface area contributed by atoms with Crippen LogP contribution in [0.2, 0.25) is 10.0 Å². The second kappa shape index (κ2) is 7.72. The summed E-state index contributed by atoms with van der Waals surface area (Å²) < 4.78 is 76.0. The second-order valence-electron chi connectivity index (χ2n) is 6.39. The number of carboxylic acids is 1.